The second kappa shape index (κ2) is 10.2. The molecule has 2 aromatic carbocycles. The number of carbonyl (C=O) groups is 1. The lowest BCUT2D eigenvalue weighted by atomic mass is 10.1. The Hall–Kier alpha value is -4.21. The maximum atomic E-state index is 12.5. The van der Waals surface area contributed by atoms with E-state index in [2.05, 4.69) is 20.7 Å². The van der Waals surface area contributed by atoms with Crippen LogP contribution >= 0.6 is 0 Å². The van der Waals surface area contributed by atoms with Gasteiger partial charge in [0.15, 0.2) is 11.5 Å². The molecule has 3 rings (SSSR count). The number of aromatic amines is 1. The number of rotatable bonds is 9. The van der Waals surface area contributed by atoms with E-state index in [1.807, 2.05) is 0 Å². The van der Waals surface area contributed by atoms with Crippen LogP contribution in [-0.2, 0) is 0 Å². The molecule has 0 aliphatic carbocycles. The van der Waals surface area contributed by atoms with E-state index < -0.39 is 5.91 Å². The molecule has 1 amide bonds. The summed E-state index contributed by atoms with van der Waals surface area (Å²) in [6.45, 7) is 0. The van der Waals surface area contributed by atoms with Gasteiger partial charge in [-0.25, -0.2) is 5.43 Å². The Labute approximate surface area is 185 Å². The molecular formula is C22H24N4O6. The minimum atomic E-state index is -0.471. The first kappa shape index (κ1) is 22.5. The Bertz CT molecular complexity index is 1130. The van der Waals surface area contributed by atoms with E-state index in [0.717, 1.165) is 0 Å². The Morgan fingerprint density at radius 3 is 2.22 bits per heavy atom. The van der Waals surface area contributed by atoms with Crippen molar-refractivity contribution in [1.29, 1.82) is 0 Å². The quantitative estimate of drug-likeness (QED) is 0.388. The highest BCUT2D eigenvalue weighted by Crippen LogP contribution is 2.34. The molecule has 0 unspecified atom stereocenters. The molecule has 32 heavy (non-hydrogen) atoms. The minimum Gasteiger partial charge on any atom is -0.497 e. The second-order valence-electron chi connectivity index (χ2n) is 6.38. The molecule has 0 bridgehead atoms. The normalized spacial score (nSPS) is 10.7. The number of benzene rings is 2. The van der Waals surface area contributed by atoms with Gasteiger partial charge in [0.25, 0.3) is 5.91 Å². The highest BCUT2D eigenvalue weighted by Gasteiger charge is 2.15. The third kappa shape index (κ3) is 4.75. The molecule has 10 heteroatoms. The topological polar surface area (TPSA) is 116 Å². The van der Waals surface area contributed by atoms with Gasteiger partial charge in [0.05, 0.1) is 47.5 Å². The van der Waals surface area contributed by atoms with Crippen molar-refractivity contribution in [3.05, 3.63) is 47.7 Å². The summed E-state index contributed by atoms with van der Waals surface area (Å²) < 4.78 is 26.5. The molecule has 0 saturated carbocycles. The van der Waals surface area contributed by atoms with Crippen LogP contribution in [0.5, 0.6) is 28.7 Å². The number of amides is 1. The standard InChI is InChI=1S/C22H24N4O6/c1-28-14-6-7-18(29-2)15(9-14)16-10-17(25-24-16)22(27)26-23-12-13-8-20(31-4)21(32-5)11-19(13)30-3/h6-12H,1-5H3,(H,24,25)(H,26,27)/b23-12-. The van der Waals surface area contributed by atoms with Gasteiger partial charge in [-0.3, -0.25) is 9.89 Å². The molecular weight excluding hydrogens is 416 g/mol. The molecule has 3 aromatic rings. The monoisotopic (exact) mass is 440 g/mol. The molecule has 168 valence electrons. The first-order chi connectivity index (χ1) is 15.5. The van der Waals surface area contributed by atoms with Crippen LogP contribution in [-0.4, -0.2) is 57.9 Å². The number of nitrogens with zero attached hydrogens (tertiary/aromatic N) is 2. The van der Waals surface area contributed by atoms with E-state index in [4.69, 9.17) is 23.7 Å². The van der Waals surface area contributed by atoms with Gasteiger partial charge < -0.3 is 23.7 Å². The first-order valence-electron chi connectivity index (χ1n) is 9.45. The number of hydrogen-bond acceptors (Lipinski definition) is 8. The molecule has 0 spiro atoms. The van der Waals surface area contributed by atoms with Gasteiger partial charge in [-0.05, 0) is 30.3 Å². The van der Waals surface area contributed by atoms with Crippen LogP contribution in [0.1, 0.15) is 16.1 Å². The van der Waals surface area contributed by atoms with E-state index in [0.29, 0.717) is 45.6 Å². The summed E-state index contributed by atoms with van der Waals surface area (Å²) in [6, 6.07) is 10.3. The zero-order valence-electron chi connectivity index (χ0n) is 18.4. The number of hydrazone groups is 1. The lowest BCUT2D eigenvalue weighted by Crippen LogP contribution is -2.18. The third-order valence-corrected chi connectivity index (χ3v) is 4.61. The van der Waals surface area contributed by atoms with Gasteiger partial charge in [0.1, 0.15) is 22.9 Å². The maximum Gasteiger partial charge on any atom is 0.289 e. The van der Waals surface area contributed by atoms with E-state index in [9.17, 15) is 4.79 Å². The fraction of sp³-hybridized carbons (Fsp3) is 0.227. The van der Waals surface area contributed by atoms with Crippen LogP contribution in [0.15, 0.2) is 41.5 Å². The third-order valence-electron chi connectivity index (χ3n) is 4.61. The molecule has 0 aliphatic rings. The number of ether oxygens (including phenoxy) is 5. The van der Waals surface area contributed by atoms with Crippen molar-refractivity contribution in [2.75, 3.05) is 35.5 Å². The Kier molecular flexibility index (Phi) is 7.17. The Balaban J connectivity index is 1.77. The van der Waals surface area contributed by atoms with Gasteiger partial charge in [0, 0.05) is 17.2 Å². The summed E-state index contributed by atoms with van der Waals surface area (Å²) in [5.74, 6) is 2.30. The molecule has 1 aromatic heterocycles. The SMILES string of the molecule is COc1ccc(OC)c(-c2cc(C(=O)N/N=C\c3cc(OC)c(OC)cc3OC)[nH]n2)c1. The molecule has 1 heterocycles. The van der Waals surface area contributed by atoms with Gasteiger partial charge in [0.2, 0.25) is 0 Å². The number of aromatic nitrogens is 2. The fourth-order valence-corrected chi connectivity index (χ4v) is 2.96. The number of H-pyrrole nitrogens is 1. The largest absolute Gasteiger partial charge is 0.497 e. The summed E-state index contributed by atoms with van der Waals surface area (Å²) in [4.78, 5) is 12.5. The molecule has 2 N–H and O–H groups in total. The van der Waals surface area contributed by atoms with Crippen molar-refractivity contribution >= 4 is 12.1 Å². The van der Waals surface area contributed by atoms with Crippen molar-refractivity contribution in [3.8, 4) is 40.0 Å². The molecule has 0 saturated heterocycles. The Morgan fingerprint density at radius 1 is 0.875 bits per heavy atom. The lowest BCUT2D eigenvalue weighted by Gasteiger charge is -2.11. The predicted octanol–water partition coefficient (Wildman–Crippen LogP) is 2.88. The van der Waals surface area contributed by atoms with Gasteiger partial charge in [-0.15, -0.1) is 0 Å². The average Bonchev–Trinajstić information content (AvgIpc) is 3.33. The van der Waals surface area contributed by atoms with Gasteiger partial charge >= 0.3 is 0 Å². The molecule has 0 atom stereocenters. The van der Waals surface area contributed by atoms with Crippen LogP contribution < -0.4 is 29.1 Å². The van der Waals surface area contributed by atoms with Crippen LogP contribution in [0.25, 0.3) is 11.3 Å². The summed E-state index contributed by atoms with van der Waals surface area (Å²) in [6.07, 6.45) is 1.45. The fourth-order valence-electron chi connectivity index (χ4n) is 2.96. The highest BCUT2D eigenvalue weighted by atomic mass is 16.5. The Morgan fingerprint density at radius 2 is 1.56 bits per heavy atom. The minimum absolute atomic E-state index is 0.223. The van der Waals surface area contributed by atoms with E-state index in [-0.39, 0.29) is 5.69 Å². The molecule has 10 nitrogen and oxygen atoms in total. The van der Waals surface area contributed by atoms with Gasteiger partial charge in [-0.1, -0.05) is 0 Å². The predicted molar refractivity (Wildman–Crippen MR) is 118 cm³/mol. The first-order valence-corrected chi connectivity index (χ1v) is 9.45. The van der Waals surface area contributed by atoms with Crippen molar-refractivity contribution in [2.24, 2.45) is 5.10 Å². The van der Waals surface area contributed by atoms with Crippen LogP contribution in [0.4, 0.5) is 0 Å². The highest BCUT2D eigenvalue weighted by molar-refractivity contribution is 5.94. The number of hydrogen-bond donors (Lipinski definition) is 2. The van der Waals surface area contributed by atoms with Crippen molar-refractivity contribution < 1.29 is 28.5 Å². The van der Waals surface area contributed by atoms with Crippen LogP contribution in [0, 0.1) is 0 Å². The molecule has 0 fully saturated rings. The van der Waals surface area contributed by atoms with Crippen molar-refractivity contribution in [2.45, 2.75) is 0 Å². The van der Waals surface area contributed by atoms with Crippen LogP contribution in [0.3, 0.4) is 0 Å². The van der Waals surface area contributed by atoms with Crippen LogP contribution in [0.2, 0.25) is 0 Å². The van der Waals surface area contributed by atoms with E-state index >= 15 is 0 Å². The second-order valence-corrected chi connectivity index (χ2v) is 6.38. The van der Waals surface area contributed by atoms with Gasteiger partial charge in [-0.2, -0.15) is 10.2 Å². The zero-order chi connectivity index (χ0) is 23.1. The number of methoxy groups -OCH3 is 5. The molecule has 0 aliphatic heterocycles. The summed E-state index contributed by atoms with van der Waals surface area (Å²) >= 11 is 0. The lowest BCUT2D eigenvalue weighted by molar-refractivity contribution is 0.0950. The van der Waals surface area contributed by atoms with Crippen molar-refractivity contribution in [1.82, 2.24) is 15.6 Å². The smallest absolute Gasteiger partial charge is 0.289 e. The van der Waals surface area contributed by atoms with Crippen molar-refractivity contribution in [3.63, 3.8) is 0 Å². The summed E-state index contributed by atoms with van der Waals surface area (Å²) in [5.41, 5.74) is 4.48. The maximum absolute atomic E-state index is 12.5. The number of carbonyl (C=O) groups excluding carboxylic acids is 1. The summed E-state index contributed by atoms with van der Waals surface area (Å²) in [7, 11) is 7.71. The number of nitrogens with one attached hydrogen (secondary N) is 2. The molecule has 0 radical (unpaired) electrons. The zero-order valence-corrected chi connectivity index (χ0v) is 18.4. The van der Waals surface area contributed by atoms with E-state index in [1.165, 1.54) is 27.5 Å². The van der Waals surface area contributed by atoms with E-state index in [1.54, 1.807) is 50.6 Å². The summed E-state index contributed by atoms with van der Waals surface area (Å²) in [5, 5.41) is 10.9. The average molecular weight is 440 g/mol.